The molecule has 1 aromatic carbocycles. The second kappa shape index (κ2) is 3.41. The fourth-order valence-electron chi connectivity index (χ4n) is 1.34. The first kappa shape index (κ1) is 8.62. The summed E-state index contributed by atoms with van der Waals surface area (Å²) in [4.78, 5) is 13.4. The van der Waals surface area contributed by atoms with Crippen LogP contribution in [0, 0.1) is 0 Å². The molecule has 3 N–H and O–H groups in total. The van der Waals surface area contributed by atoms with Crippen molar-refractivity contribution in [3.05, 3.63) is 30.5 Å². The first-order valence-corrected chi connectivity index (χ1v) is 4.28. The molecule has 0 atom stereocenters. The first-order valence-electron chi connectivity index (χ1n) is 4.28. The number of fused-ring (bicyclic) bond motifs is 1. The first-order chi connectivity index (χ1) is 6.75. The van der Waals surface area contributed by atoms with Gasteiger partial charge in [0.1, 0.15) is 6.54 Å². The molecule has 0 radical (unpaired) electrons. The number of anilines is 1. The molecule has 2 rings (SSSR count). The molecule has 0 amide bonds. The van der Waals surface area contributed by atoms with E-state index in [1.807, 2.05) is 30.5 Å². The average molecular weight is 190 g/mol. The largest absolute Gasteiger partial charge is 0.480 e. The van der Waals surface area contributed by atoms with Crippen molar-refractivity contribution in [1.82, 2.24) is 4.98 Å². The van der Waals surface area contributed by atoms with Gasteiger partial charge in [-0.05, 0) is 24.3 Å². The zero-order valence-corrected chi connectivity index (χ0v) is 7.45. The number of carbonyl (C=O) groups is 1. The Balaban J connectivity index is 2.21. The van der Waals surface area contributed by atoms with Crippen LogP contribution in [0.2, 0.25) is 0 Å². The van der Waals surface area contributed by atoms with Gasteiger partial charge in [-0.1, -0.05) is 0 Å². The van der Waals surface area contributed by atoms with Crippen LogP contribution in [0.3, 0.4) is 0 Å². The van der Waals surface area contributed by atoms with E-state index in [-0.39, 0.29) is 6.54 Å². The van der Waals surface area contributed by atoms with E-state index < -0.39 is 5.97 Å². The standard InChI is InChI=1S/C10H10N2O2/c13-10(14)6-12-8-1-2-9-7(5-8)3-4-11-9/h1-5,11-12H,6H2,(H,13,14). The average Bonchev–Trinajstić information content (AvgIpc) is 2.61. The minimum absolute atomic E-state index is 0.0596. The fraction of sp³-hybridized carbons (Fsp3) is 0.100. The smallest absolute Gasteiger partial charge is 0.322 e. The van der Waals surface area contributed by atoms with E-state index in [1.54, 1.807) is 0 Å². The number of hydrogen-bond acceptors (Lipinski definition) is 2. The molecule has 72 valence electrons. The van der Waals surface area contributed by atoms with Gasteiger partial charge in [0.2, 0.25) is 0 Å². The maximum atomic E-state index is 10.3. The summed E-state index contributed by atoms with van der Waals surface area (Å²) < 4.78 is 0. The molecule has 0 saturated carbocycles. The zero-order valence-electron chi connectivity index (χ0n) is 7.45. The number of carboxylic acids is 1. The van der Waals surface area contributed by atoms with Gasteiger partial charge >= 0.3 is 5.97 Å². The molecule has 0 aliphatic heterocycles. The number of hydrogen-bond donors (Lipinski definition) is 3. The van der Waals surface area contributed by atoms with Crippen molar-refractivity contribution in [1.29, 1.82) is 0 Å². The third-order valence-electron chi connectivity index (χ3n) is 2.00. The number of carboxylic acid groups (broad SMARTS) is 1. The van der Waals surface area contributed by atoms with Gasteiger partial charge in [-0.25, -0.2) is 0 Å². The molecule has 0 bridgehead atoms. The molecule has 0 spiro atoms. The normalized spacial score (nSPS) is 10.3. The van der Waals surface area contributed by atoms with Crippen LogP contribution in [-0.4, -0.2) is 22.6 Å². The molecule has 0 unspecified atom stereocenters. The van der Waals surface area contributed by atoms with E-state index in [9.17, 15) is 4.79 Å². The molecule has 4 nitrogen and oxygen atoms in total. The number of aromatic amines is 1. The van der Waals surface area contributed by atoms with Crippen molar-refractivity contribution in [3.63, 3.8) is 0 Å². The lowest BCUT2D eigenvalue weighted by Crippen LogP contribution is -2.11. The number of aromatic nitrogens is 1. The Morgan fingerprint density at radius 2 is 2.29 bits per heavy atom. The molecule has 4 heteroatoms. The lowest BCUT2D eigenvalue weighted by Gasteiger charge is -2.02. The quantitative estimate of drug-likeness (QED) is 0.689. The predicted molar refractivity (Wildman–Crippen MR) is 54.4 cm³/mol. The van der Waals surface area contributed by atoms with Gasteiger partial charge in [-0.15, -0.1) is 0 Å². The van der Waals surface area contributed by atoms with Crippen LogP contribution in [0.4, 0.5) is 5.69 Å². The van der Waals surface area contributed by atoms with Crippen LogP contribution in [0.25, 0.3) is 10.9 Å². The maximum Gasteiger partial charge on any atom is 0.322 e. The van der Waals surface area contributed by atoms with Crippen LogP contribution in [0.1, 0.15) is 0 Å². The molecule has 0 saturated heterocycles. The highest BCUT2D eigenvalue weighted by atomic mass is 16.4. The van der Waals surface area contributed by atoms with Crippen molar-refractivity contribution >= 4 is 22.6 Å². The van der Waals surface area contributed by atoms with Crippen LogP contribution in [0.5, 0.6) is 0 Å². The Labute approximate surface area is 80.6 Å². The number of rotatable bonds is 3. The second-order valence-electron chi connectivity index (χ2n) is 3.03. The minimum atomic E-state index is -0.862. The Bertz CT molecular complexity index is 462. The lowest BCUT2D eigenvalue weighted by molar-refractivity contribution is -0.134. The zero-order chi connectivity index (χ0) is 9.97. The topological polar surface area (TPSA) is 65.1 Å². The van der Waals surface area contributed by atoms with E-state index in [0.29, 0.717) is 0 Å². The molecule has 1 aromatic heterocycles. The van der Waals surface area contributed by atoms with Crippen molar-refractivity contribution in [2.75, 3.05) is 11.9 Å². The summed E-state index contributed by atoms with van der Waals surface area (Å²) in [5.74, 6) is -0.862. The maximum absolute atomic E-state index is 10.3. The molecule has 2 aromatic rings. The Morgan fingerprint density at radius 1 is 1.43 bits per heavy atom. The molecule has 0 aliphatic carbocycles. The molecule has 1 heterocycles. The van der Waals surface area contributed by atoms with Gasteiger partial charge in [0.15, 0.2) is 0 Å². The summed E-state index contributed by atoms with van der Waals surface area (Å²) in [6, 6.07) is 7.62. The van der Waals surface area contributed by atoms with E-state index in [1.165, 1.54) is 0 Å². The monoisotopic (exact) mass is 190 g/mol. The van der Waals surface area contributed by atoms with E-state index >= 15 is 0 Å². The van der Waals surface area contributed by atoms with Crippen molar-refractivity contribution < 1.29 is 9.90 Å². The van der Waals surface area contributed by atoms with Crippen molar-refractivity contribution in [2.45, 2.75) is 0 Å². The summed E-state index contributed by atoms with van der Waals surface area (Å²) >= 11 is 0. The fourth-order valence-corrected chi connectivity index (χ4v) is 1.34. The van der Waals surface area contributed by atoms with Crippen LogP contribution < -0.4 is 5.32 Å². The summed E-state index contributed by atoms with van der Waals surface area (Å²) in [5.41, 5.74) is 1.87. The number of nitrogens with one attached hydrogen (secondary N) is 2. The third-order valence-corrected chi connectivity index (χ3v) is 2.00. The number of aliphatic carboxylic acids is 1. The van der Waals surface area contributed by atoms with Gasteiger partial charge < -0.3 is 15.4 Å². The Morgan fingerprint density at radius 3 is 3.07 bits per heavy atom. The highest BCUT2D eigenvalue weighted by Crippen LogP contribution is 2.17. The third kappa shape index (κ3) is 1.69. The minimum Gasteiger partial charge on any atom is -0.480 e. The number of benzene rings is 1. The van der Waals surface area contributed by atoms with Gasteiger partial charge in [-0.2, -0.15) is 0 Å². The predicted octanol–water partition coefficient (Wildman–Crippen LogP) is 1.66. The molecule has 0 fully saturated rings. The molecule has 14 heavy (non-hydrogen) atoms. The van der Waals surface area contributed by atoms with Gasteiger partial charge in [0.05, 0.1) is 0 Å². The summed E-state index contributed by atoms with van der Waals surface area (Å²) in [7, 11) is 0. The van der Waals surface area contributed by atoms with Crippen LogP contribution in [-0.2, 0) is 4.79 Å². The molecular formula is C10H10N2O2. The van der Waals surface area contributed by atoms with Gasteiger partial charge in [0.25, 0.3) is 0 Å². The van der Waals surface area contributed by atoms with Crippen LogP contribution >= 0.6 is 0 Å². The van der Waals surface area contributed by atoms with Crippen molar-refractivity contribution in [2.24, 2.45) is 0 Å². The lowest BCUT2D eigenvalue weighted by atomic mass is 10.2. The number of H-pyrrole nitrogens is 1. The Hall–Kier alpha value is -1.97. The van der Waals surface area contributed by atoms with Crippen LogP contribution in [0.15, 0.2) is 30.5 Å². The Kier molecular flexibility index (Phi) is 2.10. The highest BCUT2D eigenvalue weighted by molar-refractivity contribution is 5.83. The highest BCUT2D eigenvalue weighted by Gasteiger charge is 1.98. The second-order valence-corrected chi connectivity index (χ2v) is 3.03. The summed E-state index contributed by atoms with van der Waals surface area (Å²) in [5, 5.41) is 12.4. The van der Waals surface area contributed by atoms with Gasteiger partial charge in [-0.3, -0.25) is 4.79 Å². The van der Waals surface area contributed by atoms with E-state index in [2.05, 4.69) is 10.3 Å². The molecule has 0 aliphatic rings. The SMILES string of the molecule is O=C(O)CNc1ccc2[nH]ccc2c1. The van der Waals surface area contributed by atoms with E-state index in [0.717, 1.165) is 16.6 Å². The molecular weight excluding hydrogens is 180 g/mol. The van der Waals surface area contributed by atoms with Crippen molar-refractivity contribution in [3.8, 4) is 0 Å². The summed E-state index contributed by atoms with van der Waals surface area (Å²) in [6.45, 7) is -0.0596. The van der Waals surface area contributed by atoms with Gasteiger partial charge in [0, 0.05) is 22.8 Å². The summed E-state index contributed by atoms with van der Waals surface area (Å²) in [6.07, 6.45) is 1.85. The van der Waals surface area contributed by atoms with E-state index in [4.69, 9.17) is 5.11 Å².